The number of hydrogen-bond donors (Lipinski definition) is 2. The largest absolute Gasteiger partial charge is 0.351 e. The van der Waals surface area contributed by atoms with E-state index in [1.165, 1.54) is 0 Å². The van der Waals surface area contributed by atoms with Gasteiger partial charge in [-0.05, 0) is 18.4 Å². The molecule has 0 spiro atoms. The molecule has 4 nitrogen and oxygen atoms in total. The average Bonchev–Trinajstić information content (AvgIpc) is 2.39. The Kier molecular flexibility index (Phi) is 5.89. The zero-order valence-electron chi connectivity index (χ0n) is 10.6. The summed E-state index contributed by atoms with van der Waals surface area (Å²) in [7, 11) is 0. The molecule has 4 heteroatoms. The van der Waals surface area contributed by atoms with E-state index in [1.54, 1.807) is 0 Å². The first-order valence-corrected chi connectivity index (χ1v) is 6.14. The molecule has 0 radical (unpaired) electrons. The highest BCUT2D eigenvalue weighted by Crippen LogP contribution is 2.03. The van der Waals surface area contributed by atoms with Gasteiger partial charge >= 0.3 is 0 Å². The van der Waals surface area contributed by atoms with E-state index in [1.807, 2.05) is 37.3 Å². The van der Waals surface area contributed by atoms with Crippen LogP contribution in [0.4, 0.5) is 0 Å². The van der Waals surface area contributed by atoms with E-state index in [0.29, 0.717) is 12.8 Å². The molecule has 0 bridgehead atoms. The van der Waals surface area contributed by atoms with Crippen molar-refractivity contribution in [2.45, 2.75) is 38.3 Å². The standard InChI is InChI=1S/C14H19N3O/c1-2-12(8-9-15)17-14(18)13(16)10-11-6-4-3-5-7-11/h3-7,12-13H,2,8,10,16H2,1H3,(H,17,18)/t12?,13-/m1/s1. The summed E-state index contributed by atoms with van der Waals surface area (Å²) < 4.78 is 0. The maximum absolute atomic E-state index is 11.8. The van der Waals surface area contributed by atoms with Crippen molar-refractivity contribution in [3.8, 4) is 6.07 Å². The predicted molar refractivity (Wildman–Crippen MR) is 70.6 cm³/mol. The van der Waals surface area contributed by atoms with E-state index >= 15 is 0 Å². The van der Waals surface area contributed by atoms with Gasteiger partial charge in [-0.25, -0.2) is 0 Å². The molecule has 0 fully saturated rings. The highest BCUT2D eigenvalue weighted by Gasteiger charge is 2.17. The van der Waals surface area contributed by atoms with Gasteiger partial charge in [0.2, 0.25) is 5.91 Å². The van der Waals surface area contributed by atoms with Gasteiger partial charge in [0.1, 0.15) is 0 Å². The van der Waals surface area contributed by atoms with Crippen LogP contribution in [0.5, 0.6) is 0 Å². The monoisotopic (exact) mass is 245 g/mol. The molecule has 96 valence electrons. The van der Waals surface area contributed by atoms with E-state index in [-0.39, 0.29) is 11.9 Å². The number of nitriles is 1. The van der Waals surface area contributed by atoms with Crippen molar-refractivity contribution in [3.05, 3.63) is 35.9 Å². The SMILES string of the molecule is CCC(CC#N)NC(=O)[C@H](N)Cc1ccccc1. The van der Waals surface area contributed by atoms with Gasteiger partial charge in [-0.2, -0.15) is 5.26 Å². The van der Waals surface area contributed by atoms with E-state index in [2.05, 4.69) is 11.4 Å². The van der Waals surface area contributed by atoms with Crippen molar-refractivity contribution >= 4 is 5.91 Å². The minimum absolute atomic E-state index is 0.107. The molecule has 1 aromatic rings. The molecule has 0 aliphatic rings. The summed E-state index contributed by atoms with van der Waals surface area (Å²) in [5.74, 6) is -0.194. The second-order valence-corrected chi connectivity index (χ2v) is 4.27. The molecular weight excluding hydrogens is 226 g/mol. The molecule has 0 aliphatic heterocycles. The zero-order chi connectivity index (χ0) is 13.4. The number of benzene rings is 1. The second kappa shape index (κ2) is 7.46. The van der Waals surface area contributed by atoms with Gasteiger partial charge in [0.25, 0.3) is 0 Å². The molecule has 1 unspecified atom stereocenters. The summed E-state index contributed by atoms with van der Waals surface area (Å²) in [6, 6.07) is 11.0. The van der Waals surface area contributed by atoms with Crippen molar-refractivity contribution in [1.29, 1.82) is 5.26 Å². The highest BCUT2D eigenvalue weighted by molar-refractivity contribution is 5.82. The van der Waals surface area contributed by atoms with Crippen LogP contribution in [0.1, 0.15) is 25.3 Å². The molecule has 1 amide bonds. The lowest BCUT2D eigenvalue weighted by molar-refractivity contribution is -0.123. The molecule has 2 atom stereocenters. The van der Waals surface area contributed by atoms with E-state index in [0.717, 1.165) is 12.0 Å². The lowest BCUT2D eigenvalue weighted by Crippen LogP contribution is -2.46. The normalized spacial score (nSPS) is 13.4. The Morgan fingerprint density at radius 3 is 2.67 bits per heavy atom. The van der Waals surface area contributed by atoms with Crippen molar-refractivity contribution in [1.82, 2.24) is 5.32 Å². The molecule has 0 saturated heterocycles. The lowest BCUT2D eigenvalue weighted by Gasteiger charge is -2.17. The summed E-state index contributed by atoms with van der Waals surface area (Å²) in [6.45, 7) is 1.94. The molecule has 1 rings (SSSR count). The first-order chi connectivity index (χ1) is 8.67. The van der Waals surface area contributed by atoms with Crippen LogP contribution >= 0.6 is 0 Å². The zero-order valence-corrected chi connectivity index (χ0v) is 10.6. The van der Waals surface area contributed by atoms with Gasteiger partial charge in [-0.1, -0.05) is 37.3 Å². The topological polar surface area (TPSA) is 78.9 Å². The van der Waals surface area contributed by atoms with Crippen LogP contribution in [-0.2, 0) is 11.2 Å². The fourth-order valence-electron chi connectivity index (χ4n) is 1.68. The van der Waals surface area contributed by atoms with Gasteiger partial charge in [0.15, 0.2) is 0 Å². The number of carbonyl (C=O) groups is 1. The summed E-state index contributed by atoms with van der Waals surface area (Å²) in [5, 5.41) is 11.4. The number of nitrogens with one attached hydrogen (secondary N) is 1. The third kappa shape index (κ3) is 4.56. The van der Waals surface area contributed by atoms with E-state index in [4.69, 9.17) is 11.0 Å². The van der Waals surface area contributed by atoms with Crippen LogP contribution in [0, 0.1) is 11.3 Å². The Labute approximate surface area is 108 Å². The van der Waals surface area contributed by atoms with Gasteiger partial charge < -0.3 is 11.1 Å². The molecule has 0 aliphatic carbocycles. The number of amides is 1. The van der Waals surface area contributed by atoms with Crippen molar-refractivity contribution in [2.75, 3.05) is 0 Å². The van der Waals surface area contributed by atoms with E-state index in [9.17, 15) is 4.79 Å². The number of rotatable bonds is 6. The lowest BCUT2D eigenvalue weighted by atomic mass is 10.1. The third-order valence-corrected chi connectivity index (χ3v) is 2.81. The number of carbonyl (C=O) groups excluding carboxylic acids is 1. The summed E-state index contributed by atoms with van der Waals surface area (Å²) in [6.07, 6.45) is 1.56. The molecule has 0 aromatic heterocycles. The van der Waals surface area contributed by atoms with Crippen LogP contribution in [0.3, 0.4) is 0 Å². The highest BCUT2D eigenvalue weighted by atomic mass is 16.2. The van der Waals surface area contributed by atoms with Gasteiger partial charge in [-0.15, -0.1) is 0 Å². The fraction of sp³-hybridized carbons (Fsp3) is 0.429. The minimum atomic E-state index is -0.569. The summed E-state index contributed by atoms with van der Waals surface area (Å²) in [4.78, 5) is 11.8. The van der Waals surface area contributed by atoms with Crippen molar-refractivity contribution in [3.63, 3.8) is 0 Å². The van der Waals surface area contributed by atoms with Crippen LogP contribution in [-0.4, -0.2) is 18.0 Å². The smallest absolute Gasteiger partial charge is 0.237 e. The van der Waals surface area contributed by atoms with E-state index < -0.39 is 6.04 Å². The Morgan fingerprint density at radius 1 is 1.44 bits per heavy atom. The number of hydrogen-bond acceptors (Lipinski definition) is 3. The maximum Gasteiger partial charge on any atom is 0.237 e. The average molecular weight is 245 g/mol. The van der Waals surface area contributed by atoms with Crippen molar-refractivity contribution in [2.24, 2.45) is 5.73 Å². The Morgan fingerprint density at radius 2 is 2.11 bits per heavy atom. The number of nitrogens with zero attached hydrogens (tertiary/aromatic N) is 1. The van der Waals surface area contributed by atoms with Crippen molar-refractivity contribution < 1.29 is 4.79 Å². The van der Waals surface area contributed by atoms with Gasteiger partial charge in [0, 0.05) is 6.04 Å². The maximum atomic E-state index is 11.8. The molecule has 1 aromatic carbocycles. The van der Waals surface area contributed by atoms with Crippen LogP contribution in [0.25, 0.3) is 0 Å². The van der Waals surface area contributed by atoms with Gasteiger partial charge in [-0.3, -0.25) is 4.79 Å². The molecule has 0 heterocycles. The summed E-state index contributed by atoms with van der Waals surface area (Å²) in [5.41, 5.74) is 6.89. The minimum Gasteiger partial charge on any atom is -0.351 e. The fourth-order valence-corrected chi connectivity index (χ4v) is 1.68. The molecule has 0 saturated carbocycles. The first kappa shape index (κ1) is 14.2. The van der Waals surface area contributed by atoms with Crippen LogP contribution in [0.15, 0.2) is 30.3 Å². The Balaban J connectivity index is 2.49. The van der Waals surface area contributed by atoms with Crippen LogP contribution < -0.4 is 11.1 Å². The third-order valence-electron chi connectivity index (χ3n) is 2.81. The molecular formula is C14H19N3O. The van der Waals surface area contributed by atoms with Crippen LogP contribution in [0.2, 0.25) is 0 Å². The second-order valence-electron chi connectivity index (χ2n) is 4.27. The van der Waals surface area contributed by atoms with Gasteiger partial charge in [0.05, 0.1) is 18.5 Å². The Hall–Kier alpha value is -1.86. The molecule has 3 N–H and O–H groups in total. The number of nitrogens with two attached hydrogens (primary N) is 1. The molecule has 18 heavy (non-hydrogen) atoms. The Bertz CT molecular complexity index is 411. The first-order valence-electron chi connectivity index (χ1n) is 6.14. The predicted octanol–water partition coefficient (Wildman–Crippen LogP) is 1.36. The summed E-state index contributed by atoms with van der Waals surface area (Å²) >= 11 is 0. The quantitative estimate of drug-likeness (QED) is 0.794.